The molecular weight excluding hydrogens is 230 g/mol. The van der Waals surface area contributed by atoms with Crippen molar-refractivity contribution in [3.05, 3.63) is 23.0 Å². The van der Waals surface area contributed by atoms with E-state index in [4.69, 9.17) is 16.3 Å². The average molecular weight is 244 g/mol. The molecule has 0 N–H and O–H groups in total. The van der Waals surface area contributed by atoms with Crippen LogP contribution in [0.1, 0.15) is 18.5 Å². The van der Waals surface area contributed by atoms with Crippen LogP contribution in [0.3, 0.4) is 0 Å². The van der Waals surface area contributed by atoms with Crippen molar-refractivity contribution >= 4 is 23.4 Å². The minimum atomic E-state index is 0.588. The highest BCUT2D eigenvalue weighted by Gasteiger charge is 2.15. The topological polar surface area (TPSA) is 22.1 Å². The summed E-state index contributed by atoms with van der Waals surface area (Å²) >= 11 is 7.81. The molecule has 2 rings (SSSR count). The summed E-state index contributed by atoms with van der Waals surface area (Å²) in [4.78, 5) is 5.38. The maximum atomic E-state index is 5.92. The highest BCUT2D eigenvalue weighted by Crippen LogP contribution is 2.30. The van der Waals surface area contributed by atoms with E-state index < -0.39 is 0 Å². The van der Waals surface area contributed by atoms with Gasteiger partial charge in [-0.2, -0.15) is 0 Å². The molecule has 1 aliphatic rings. The number of pyridine rings is 1. The highest BCUT2D eigenvalue weighted by atomic mass is 35.5. The van der Waals surface area contributed by atoms with Gasteiger partial charge in [-0.1, -0.05) is 11.6 Å². The van der Waals surface area contributed by atoms with E-state index in [0.29, 0.717) is 10.4 Å². The molecule has 1 aromatic rings. The summed E-state index contributed by atoms with van der Waals surface area (Å²) in [5, 5.41) is 1.25. The molecule has 0 bridgehead atoms. The van der Waals surface area contributed by atoms with Crippen molar-refractivity contribution in [3.8, 4) is 0 Å². The zero-order valence-corrected chi connectivity index (χ0v) is 10.3. The Bertz CT molecular complexity index is 319. The van der Waals surface area contributed by atoms with Crippen molar-refractivity contribution in [2.75, 3.05) is 13.2 Å². The molecule has 0 unspecified atom stereocenters. The van der Waals surface area contributed by atoms with Crippen molar-refractivity contribution < 1.29 is 4.74 Å². The summed E-state index contributed by atoms with van der Waals surface area (Å²) in [5.41, 5.74) is 0.983. The molecule has 4 heteroatoms. The van der Waals surface area contributed by atoms with Crippen molar-refractivity contribution in [1.82, 2.24) is 4.98 Å². The highest BCUT2D eigenvalue weighted by molar-refractivity contribution is 8.00. The van der Waals surface area contributed by atoms with E-state index in [0.717, 1.165) is 31.7 Å². The molecule has 1 aliphatic heterocycles. The lowest BCUT2D eigenvalue weighted by Gasteiger charge is -2.21. The number of hydrogen-bond donors (Lipinski definition) is 0. The molecule has 0 radical (unpaired) electrons. The van der Waals surface area contributed by atoms with Crippen LogP contribution < -0.4 is 0 Å². The Hall–Kier alpha value is -0.250. The second-order valence-electron chi connectivity index (χ2n) is 3.70. The first-order valence-electron chi connectivity index (χ1n) is 5.12. The molecule has 0 aliphatic carbocycles. The van der Waals surface area contributed by atoms with E-state index in [1.54, 1.807) is 0 Å². The van der Waals surface area contributed by atoms with E-state index >= 15 is 0 Å². The maximum Gasteiger partial charge on any atom is 0.130 e. The van der Waals surface area contributed by atoms with Crippen LogP contribution in [-0.2, 0) is 4.74 Å². The van der Waals surface area contributed by atoms with Crippen LogP contribution in [0.4, 0.5) is 0 Å². The Morgan fingerprint density at radius 3 is 2.80 bits per heavy atom. The van der Waals surface area contributed by atoms with Crippen LogP contribution in [0, 0.1) is 6.92 Å². The van der Waals surface area contributed by atoms with Crippen LogP contribution in [0.25, 0.3) is 0 Å². The van der Waals surface area contributed by atoms with E-state index in [2.05, 4.69) is 11.1 Å². The normalized spacial score (nSPS) is 18.0. The van der Waals surface area contributed by atoms with E-state index in [1.807, 2.05) is 24.8 Å². The van der Waals surface area contributed by atoms with Crippen molar-refractivity contribution in [2.45, 2.75) is 29.9 Å². The molecule has 0 aromatic carbocycles. The lowest BCUT2D eigenvalue weighted by atomic mass is 10.2. The zero-order valence-electron chi connectivity index (χ0n) is 8.70. The third-order valence-electron chi connectivity index (χ3n) is 2.37. The summed E-state index contributed by atoms with van der Waals surface area (Å²) < 4.78 is 5.33. The number of thioether (sulfide) groups is 1. The third kappa shape index (κ3) is 3.37. The van der Waals surface area contributed by atoms with Gasteiger partial charge in [0.1, 0.15) is 5.15 Å². The molecule has 1 aromatic heterocycles. The molecule has 1 saturated heterocycles. The molecule has 15 heavy (non-hydrogen) atoms. The van der Waals surface area contributed by atoms with Crippen molar-refractivity contribution in [2.24, 2.45) is 0 Å². The number of ether oxygens (including phenoxy) is 1. The molecule has 2 nitrogen and oxygen atoms in total. The molecular formula is C11H14ClNOS. The minimum absolute atomic E-state index is 0.588. The number of aromatic nitrogens is 1. The maximum absolute atomic E-state index is 5.92. The van der Waals surface area contributed by atoms with Gasteiger partial charge in [0.2, 0.25) is 0 Å². The summed E-state index contributed by atoms with van der Waals surface area (Å²) in [6, 6.07) is 4.03. The SMILES string of the molecule is Cc1cc(SC2CCOCC2)cc(Cl)n1. The second-order valence-corrected chi connectivity index (χ2v) is 5.46. The van der Waals surface area contributed by atoms with Crippen LogP contribution in [-0.4, -0.2) is 23.4 Å². The van der Waals surface area contributed by atoms with Gasteiger partial charge in [0.15, 0.2) is 0 Å². The fourth-order valence-corrected chi connectivity index (χ4v) is 3.20. The quantitative estimate of drug-likeness (QED) is 0.744. The van der Waals surface area contributed by atoms with E-state index in [-0.39, 0.29) is 0 Å². The van der Waals surface area contributed by atoms with E-state index in [9.17, 15) is 0 Å². The first-order chi connectivity index (χ1) is 7.24. The third-order valence-corrected chi connectivity index (χ3v) is 3.87. The zero-order chi connectivity index (χ0) is 10.7. The summed E-state index contributed by atoms with van der Waals surface area (Å²) in [7, 11) is 0. The summed E-state index contributed by atoms with van der Waals surface area (Å²) in [6.45, 7) is 3.74. The van der Waals surface area contributed by atoms with Gasteiger partial charge in [-0.3, -0.25) is 0 Å². The first kappa shape index (κ1) is 11.2. The molecule has 0 atom stereocenters. The number of halogens is 1. The number of aryl methyl sites for hydroxylation is 1. The van der Waals surface area contributed by atoms with Crippen LogP contribution in [0.5, 0.6) is 0 Å². The van der Waals surface area contributed by atoms with Crippen molar-refractivity contribution in [3.63, 3.8) is 0 Å². The molecule has 82 valence electrons. The number of rotatable bonds is 2. The molecule has 0 spiro atoms. The fourth-order valence-electron chi connectivity index (χ4n) is 1.65. The van der Waals surface area contributed by atoms with Gasteiger partial charge in [-0.05, 0) is 31.9 Å². The Labute approximate surface area is 99.4 Å². The monoisotopic (exact) mass is 243 g/mol. The van der Waals surface area contributed by atoms with Crippen LogP contribution in [0.15, 0.2) is 17.0 Å². The predicted molar refractivity (Wildman–Crippen MR) is 63.7 cm³/mol. The lowest BCUT2D eigenvalue weighted by Crippen LogP contribution is -2.17. The van der Waals surface area contributed by atoms with Crippen LogP contribution in [0.2, 0.25) is 5.15 Å². The van der Waals surface area contributed by atoms with Gasteiger partial charge >= 0.3 is 0 Å². The average Bonchev–Trinajstić information content (AvgIpc) is 2.17. The van der Waals surface area contributed by atoms with Gasteiger partial charge in [-0.25, -0.2) is 4.98 Å². The Morgan fingerprint density at radius 1 is 1.40 bits per heavy atom. The minimum Gasteiger partial charge on any atom is -0.381 e. The lowest BCUT2D eigenvalue weighted by molar-refractivity contribution is 0.100. The van der Waals surface area contributed by atoms with Gasteiger partial charge in [-0.15, -0.1) is 11.8 Å². The smallest absolute Gasteiger partial charge is 0.130 e. The Kier molecular flexibility index (Phi) is 3.89. The number of hydrogen-bond acceptors (Lipinski definition) is 3. The summed E-state index contributed by atoms with van der Waals surface area (Å²) in [6.07, 6.45) is 2.26. The first-order valence-corrected chi connectivity index (χ1v) is 6.38. The fraction of sp³-hybridized carbons (Fsp3) is 0.545. The molecule has 0 amide bonds. The van der Waals surface area contributed by atoms with E-state index in [1.165, 1.54) is 4.90 Å². The largest absolute Gasteiger partial charge is 0.381 e. The van der Waals surface area contributed by atoms with Crippen molar-refractivity contribution in [1.29, 1.82) is 0 Å². The summed E-state index contributed by atoms with van der Waals surface area (Å²) in [5.74, 6) is 0. The molecule has 2 heterocycles. The van der Waals surface area contributed by atoms with Gasteiger partial charge in [0.25, 0.3) is 0 Å². The van der Waals surface area contributed by atoms with Gasteiger partial charge in [0.05, 0.1) is 0 Å². The van der Waals surface area contributed by atoms with Gasteiger partial charge in [0, 0.05) is 29.1 Å². The second kappa shape index (κ2) is 5.19. The van der Waals surface area contributed by atoms with Gasteiger partial charge < -0.3 is 4.74 Å². The molecule has 0 saturated carbocycles. The Morgan fingerprint density at radius 2 is 2.13 bits per heavy atom. The number of nitrogens with zero attached hydrogens (tertiary/aromatic N) is 1. The standard InChI is InChI=1S/C11H14ClNOS/c1-8-6-10(7-11(12)13-8)15-9-2-4-14-5-3-9/h6-7,9H,2-5H2,1H3. The predicted octanol–water partition coefficient (Wildman–Crippen LogP) is 3.31. The van der Waals surface area contributed by atoms with Crippen LogP contribution >= 0.6 is 23.4 Å². The molecule has 1 fully saturated rings. The Balaban J connectivity index is 2.02.